The Kier molecular flexibility index (Phi) is 19.9. The van der Waals surface area contributed by atoms with Crippen molar-refractivity contribution in [3.8, 4) is 0 Å². The largest absolute Gasteiger partial charge is 0.257 e. The van der Waals surface area contributed by atoms with E-state index >= 15 is 0 Å². The summed E-state index contributed by atoms with van der Waals surface area (Å²) in [5, 5.41) is 0. The van der Waals surface area contributed by atoms with Crippen LogP contribution in [0.4, 0.5) is 0 Å². The Morgan fingerprint density at radius 3 is 1.48 bits per heavy atom. The molecule has 0 radical (unpaired) electrons. The Bertz CT molecular complexity index is 521. The smallest absolute Gasteiger partial charge is 0.247 e. The fraction of sp³-hybridized carbons (Fsp3) is 0.903. The van der Waals surface area contributed by atoms with E-state index in [4.69, 9.17) is 0 Å². The van der Waals surface area contributed by atoms with Crippen molar-refractivity contribution in [3.63, 3.8) is 0 Å². The lowest BCUT2D eigenvalue weighted by Crippen LogP contribution is -2.41. The van der Waals surface area contributed by atoms with E-state index in [-0.39, 0.29) is 0 Å². The molecule has 0 amide bonds. The Labute approximate surface area is 208 Å². The van der Waals surface area contributed by atoms with Gasteiger partial charge in [-0.25, -0.2) is 9.55 Å². The molecule has 2 nitrogen and oxygen atoms in total. The van der Waals surface area contributed by atoms with Gasteiger partial charge in [-0.1, -0.05) is 136 Å². The molecule has 0 spiro atoms. The van der Waals surface area contributed by atoms with Crippen LogP contribution in [-0.4, -0.2) is 4.98 Å². The van der Waals surface area contributed by atoms with Crippen molar-refractivity contribution in [2.24, 2.45) is 0 Å². The number of aromatic amines is 1. The van der Waals surface area contributed by atoms with Crippen molar-refractivity contribution in [1.29, 1.82) is 0 Å². The first-order valence-corrected chi connectivity index (χ1v) is 15.3. The van der Waals surface area contributed by atoms with Crippen LogP contribution in [0, 0.1) is 0 Å². The number of H-pyrrole nitrogens is 1. The van der Waals surface area contributed by atoms with Gasteiger partial charge in [0.25, 0.3) is 5.82 Å². The number of nitrogens with zero attached hydrogens (tertiary/aromatic N) is 1. The van der Waals surface area contributed by atoms with Gasteiger partial charge in [0.1, 0.15) is 12.4 Å². The van der Waals surface area contributed by atoms with Gasteiger partial charge in [-0.3, -0.25) is 0 Å². The van der Waals surface area contributed by atoms with Crippen molar-refractivity contribution in [2.75, 3.05) is 0 Å². The van der Waals surface area contributed by atoms with E-state index in [1.165, 1.54) is 147 Å². The fourth-order valence-electron chi connectivity index (χ4n) is 5.37. The molecule has 1 rings (SSSR count). The van der Waals surface area contributed by atoms with Crippen molar-refractivity contribution >= 4 is 0 Å². The van der Waals surface area contributed by atoms with E-state index in [1.54, 1.807) is 0 Å². The van der Waals surface area contributed by atoms with E-state index in [2.05, 4.69) is 49.6 Å². The molecule has 2 unspecified atom stereocenters. The zero-order chi connectivity index (χ0) is 24.0. The summed E-state index contributed by atoms with van der Waals surface area (Å²) in [7, 11) is 0. The lowest BCUT2D eigenvalue weighted by atomic mass is 9.93. The lowest BCUT2D eigenvalue weighted by Gasteiger charge is -2.17. The molecule has 33 heavy (non-hydrogen) atoms. The van der Waals surface area contributed by atoms with Crippen LogP contribution in [0.1, 0.15) is 187 Å². The maximum absolute atomic E-state index is 3.67. The first-order valence-electron chi connectivity index (χ1n) is 15.3. The average molecular weight is 462 g/mol. The molecule has 1 heterocycles. The third kappa shape index (κ3) is 14.9. The SMILES string of the molecule is CCCCCCCCCCCCCC(C)[n+]1cc[nH]c1C(CCCCC)CCCCCCC. The molecule has 0 aliphatic carbocycles. The topological polar surface area (TPSA) is 19.7 Å². The molecular weight excluding hydrogens is 400 g/mol. The minimum absolute atomic E-state index is 0.624. The predicted molar refractivity (Wildman–Crippen MR) is 147 cm³/mol. The zero-order valence-corrected chi connectivity index (χ0v) is 23.3. The van der Waals surface area contributed by atoms with Crippen molar-refractivity contribution in [1.82, 2.24) is 4.98 Å². The number of imidazole rings is 1. The minimum Gasteiger partial charge on any atom is -0.247 e. The van der Waals surface area contributed by atoms with Crippen LogP contribution >= 0.6 is 0 Å². The molecule has 2 atom stereocenters. The monoisotopic (exact) mass is 461 g/mol. The highest BCUT2D eigenvalue weighted by atomic mass is 15.1. The van der Waals surface area contributed by atoms with Gasteiger partial charge < -0.3 is 0 Å². The van der Waals surface area contributed by atoms with Crippen LogP contribution < -0.4 is 4.57 Å². The molecule has 0 aliphatic rings. The molecule has 0 bridgehead atoms. The highest BCUT2D eigenvalue weighted by Crippen LogP contribution is 2.27. The van der Waals surface area contributed by atoms with Crippen LogP contribution in [0.25, 0.3) is 0 Å². The van der Waals surface area contributed by atoms with Crippen molar-refractivity contribution in [2.45, 2.75) is 181 Å². The molecule has 194 valence electrons. The fourth-order valence-corrected chi connectivity index (χ4v) is 5.37. The molecule has 0 saturated heterocycles. The van der Waals surface area contributed by atoms with E-state index in [0.717, 1.165) is 0 Å². The number of aromatic nitrogens is 2. The number of hydrogen-bond donors (Lipinski definition) is 1. The molecule has 2 heteroatoms. The number of hydrogen-bond acceptors (Lipinski definition) is 0. The number of unbranched alkanes of at least 4 members (excludes halogenated alkanes) is 16. The van der Waals surface area contributed by atoms with E-state index in [0.29, 0.717) is 12.0 Å². The highest BCUT2D eigenvalue weighted by Gasteiger charge is 2.25. The quantitative estimate of drug-likeness (QED) is 0.117. The third-order valence-corrected chi connectivity index (χ3v) is 7.64. The Morgan fingerprint density at radius 2 is 0.970 bits per heavy atom. The van der Waals surface area contributed by atoms with Crippen molar-refractivity contribution < 1.29 is 4.57 Å². The second-order valence-corrected chi connectivity index (χ2v) is 10.8. The minimum atomic E-state index is 0.624. The van der Waals surface area contributed by atoms with Crippen LogP contribution in [0.2, 0.25) is 0 Å². The Hall–Kier alpha value is -0.790. The van der Waals surface area contributed by atoms with Crippen LogP contribution in [0.3, 0.4) is 0 Å². The van der Waals surface area contributed by atoms with Gasteiger partial charge in [0, 0.05) is 0 Å². The number of rotatable bonds is 24. The van der Waals surface area contributed by atoms with Gasteiger partial charge in [-0.2, -0.15) is 0 Å². The van der Waals surface area contributed by atoms with Gasteiger partial charge in [-0.05, 0) is 32.6 Å². The maximum atomic E-state index is 3.67. The molecule has 0 saturated carbocycles. The zero-order valence-electron chi connectivity index (χ0n) is 23.3. The first-order chi connectivity index (χ1) is 16.2. The van der Waals surface area contributed by atoms with Gasteiger partial charge in [0.05, 0.1) is 12.0 Å². The summed E-state index contributed by atoms with van der Waals surface area (Å²) < 4.78 is 2.60. The second kappa shape index (κ2) is 21.7. The van der Waals surface area contributed by atoms with Crippen molar-refractivity contribution in [3.05, 3.63) is 18.2 Å². The molecule has 1 aromatic rings. The van der Waals surface area contributed by atoms with E-state index < -0.39 is 0 Å². The summed E-state index contributed by atoms with van der Waals surface area (Å²) in [6.07, 6.45) is 35.3. The molecule has 0 fully saturated rings. The summed E-state index contributed by atoms with van der Waals surface area (Å²) in [4.78, 5) is 3.67. The maximum Gasteiger partial charge on any atom is 0.257 e. The summed E-state index contributed by atoms with van der Waals surface area (Å²) >= 11 is 0. The molecule has 0 aromatic carbocycles. The predicted octanol–water partition coefficient (Wildman–Crippen LogP) is 10.6. The standard InChI is InChI=1S/C31H60N2/c1-5-8-11-13-14-15-16-17-18-20-22-24-29(4)33-28-27-32-31(33)30(25-21-10-7-3)26-23-19-12-9-6-2/h27-30H,5-26H2,1-4H3/p+1. The van der Waals surface area contributed by atoms with Gasteiger partial charge in [0.15, 0.2) is 0 Å². The van der Waals surface area contributed by atoms with Crippen LogP contribution in [0.15, 0.2) is 12.4 Å². The van der Waals surface area contributed by atoms with E-state index in [1.807, 2.05) is 0 Å². The van der Waals surface area contributed by atoms with Gasteiger partial charge in [0.2, 0.25) is 0 Å². The molecule has 1 N–H and O–H groups in total. The van der Waals surface area contributed by atoms with Gasteiger partial charge >= 0.3 is 0 Å². The van der Waals surface area contributed by atoms with E-state index in [9.17, 15) is 0 Å². The number of nitrogens with one attached hydrogen (secondary N) is 1. The lowest BCUT2D eigenvalue weighted by molar-refractivity contribution is -0.727. The Morgan fingerprint density at radius 1 is 0.576 bits per heavy atom. The second-order valence-electron chi connectivity index (χ2n) is 10.8. The summed E-state index contributed by atoms with van der Waals surface area (Å²) in [6.45, 7) is 9.38. The first kappa shape index (κ1) is 30.2. The van der Waals surface area contributed by atoms with Crippen LogP contribution in [0.5, 0.6) is 0 Å². The molecule has 0 aliphatic heterocycles. The summed E-state index contributed by atoms with van der Waals surface area (Å²) in [5.74, 6) is 2.23. The van der Waals surface area contributed by atoms with Gasteiger partial charge in [-0.15, -0.1) is 0 Å². The van der Waals surface area contributed by atoms with Crippen LogP contribution in [-0.2, 0) is 0 Å². The summed E-state index contributed by atoms with van der Waals surface area (Å²) in [6, 6.07) is 0.624. The summed E-state index contributed by atoms with van der Waals surface area (Å²) in [5.41, 5.74) is 0. The average Bonchev–Trinajstić information content (AvgIpc) is 3.31. The highest BCUT2D eigenvalue weighted by molar-refractivity contribution is 4.90. The normalized spacial score (nSPS) is 13.5. The Balaban J connectivity index is 2.34. The third-order valence-electron chi connectivity index (χ3n) is 7.64. The molecule has 1 aromatic heterocycles. The molecular formula is C31H61N2+.